The number of rotatable bonds is 6. The molecule has 1 aromatic carbocycles. The molecule has 1 aliphatic heterocycles. The first-order chi connectivity index (χ1) is 13.1. The standard InChI is InChI=1S/C22H35N3O2/c1-4-27-21-12-8-7-11-20(21)25-15-13-24(14-16-25)18(3)22(26)23-19-10-6-5-9-17(19)2/h7-8,11-12,17-19H,4-6,9-10,13-16H2,1-3H3,(H,23,26)/t17-,18+,19+/m0/s1. The average molecular weight is 374 g/mol. The van der Waals surface area contributed by atoms with Gasteiger partial charge < -0.3 is 15.0 Å². The van der Waals surface area contributed by atoms with Crippen LogP contribution < -0.4 is 15.0 Å². The van der Waals surface area contributed by atoms with E-state index in [0.29, 0.717) is 18.6 Å². The fraction of sp³-hybridized carbons (Fsp3) is 0.682. The average Bonchev–Trinajstić information content (AvgIpc) is 2.70. The largest absolute Gasteiger partial charge is 0.492 e. The zero-order valence-electron chi connectivity index (χ0n) is 17.1. The Labute approximate surface area is 164 Å². The van der Waals surface area contributed by atoms with E-state index in [1.807, 2.05) is 26.0 Å². The second-order valence-electron chi connectivity index (χ2n) is 7.98. The lowest BCUT2D eigenvalue weighted by Crippen LogP contribution is -2.55. The first-order valence-electron chi connectivity index (χ1n) is 10.6. The third kappa shape index (κ3) is 4.95. The van der Waals surface area contributed by atoms with E-state index in [1.165, 1.54) is 19.3 Å². The summed E-state index contributed by atoms with van der Waals surface area (Å²) in [6.07, 6.45) is 4.90. The molecular formula is C22H35N3O2. The quantitative estimate of drug-likeness (QED) is 0.831. The molecule has 0 bridgehead atoms. The maximum absolute atomic E-state index is 12.8. The first kappa shape index (κ1) is 20.0. The molecule has 0 aromatic heterocycles. The van der Waals surface area contributed by atoms with Crippen LogP contribution in [0.15, 0.2) is 24.3 Å². The zero-order chi connectivity index (χ0) is 19.2. The number of piperazine rings is 1. The molecule has 1 amide bonds. The van der Waals surface area contributed by atoms with E-state index in [4.69, 9.17) is 4.74 Å². The molecule has 27 heavy (non-hydrogen) atoms. The maximum Gasteiger partial charge on any atom is 0.237 e. The molecule has 0 unspecified atom stereocenters. The summed E-state index contributed by atoms with van der Waals surface area (Å²) < 4.78 is 5.78. The van der Waals surface area contributed by atoms with Crippen LogP contribution in [0.25, 0.3) is 0 Å². The number of nitrogens with one attached hydrogen (secondary N) is 1. The Morgan fingerprint density at radius 3 is 2.59 bits per heavy atom. The molecule has 150 valence electrons. The van der Waals surface area contributed by atoms with Crippen molar-refractivity contribution in [2.45, 2.75) is 58.5 Å². The van der Waals surface area contributed by atoms with Crippen LogP contribution in [0.4, 0.5) is 5.69 Å². The van der Waals surface area contributed by atoms with E-state index in [1.54, 1.807) is 0 Å². The molecule has 2 aliphatic rings. The molecule has 1 aromatic rings. The van der Waals surface area contributed by atoms with E-state index < -0.39 is 0 Å². The molecule has 0 radical (unpaired) electrons. The Morgan fingerprint density at radius 1 is 1.19 bits per heavy atom. The van der Waals surface area contributed by atoms with Crippen LogP contribution in [-0.2, 0) is 4.79 Å². The molecule has 2 fully saturated rings. The third-order valence-corrected chi connectivity index (χ3v) is 6.19. The van der Waals surface area contributed by atoms with Crippen molar-refractivity contribution in [1.82, 2.24) is 10.2 Å². The molecule has 3 atom stereocenters. The molecule has 1 saturated carbocycles. The molecule has 1 heterocycles. The van der Waals surface area contributed by atoms with Crippen molar-refractivity contribution in [2.24, 2.45) is 5.92 Å². The molecule has 1 saturated heterocycles. The van der Waals surface area contributed by atoms with Gasteiger partial charge >= 0.3 is 0 Å². The molecule has 1 aliphatic carbocycles. The number of anilines is 1. The Bertz CT molecular complexity index is 613. The van der Waals surface area contributed by atoms with Gasteiger partial charge in [-0.25, -0.2) is 0 Å². The van der Waals surface area contributed by atoms with Gasteiger partial charge in [-0.2, -0.15) is 0 Å². The summed E-state index contributed by atoms with van der Waals surface area (Å²) in [5.74, 6) is 1.74. The van der Waals surface area contributed by atoms with Gasteiger partial charge in [0.25, 0.3) is 0 Å². The van der Waals surface area contributed by atoms with E-state index in [2.05, 4.69) is 34.2 Å². The number of ether oxygens (including phenoxy) is 1. The van der Waals surface area contributed by atoms with Gasteiger partial charge in [0, 0.05) is 32.2 Å². The predicted molar refractivity (Wildman–Crippen MR) is 110 cm³/mol. The number of para-hydroxylation sites is 2. The topological polar surface area (TPSA) is 44.8 Å². The Morgan fingerprint density at radius 2 is 1.89 bits per heavy atom. The van der Waals surface area contributed by atoms with Crippen molar-refractivity contribution < 1.29 is 9.53 Å². The lowest BCUT2D eigenvalue weighted by molar-refractivity contribution is -0.127. The lowest BCUT2D eigenvalue weighted by atomic mass is 9.86. The Kier molecular flexibility index (Phi) is 7.00. The second kappa shape index (κ2) is 9.45. The molecular weight excluding hydrogens is 338 g/mol. The van der Waals surface area contributed by atoms with Crippen LogP contribution in [0.2, 0.25) is 0 Å². The summed E-state index contributed by atoms with van der Waals surface area (Å²) in [6.45, 7) is 10.6. The minimum Gasteiger partial charge on any atom is -0.492 e. The van der Waals surface area contributed by atoms with Crippen LogP contribution >= 0.6 is 0 Å². The monoisotopic (exact) mass is 373 g/mol. The highest BCUT2D eigenvalue weighted by Gasteiger charge is 2.29. The number of carbonyl (C=O) groups excluding carboxylic acids is 1. The molecule has 5 heteroatoms. The summed E-state index contributed by atoms with van der Waals surface area (Å²) >= 11 is 0. The highest BCUT2D eigenvalue weighted by atomic mass is 16.5. The number of hydrogen-bond acceptors (Lipinski definition) is 4. The van der Waals surface area contributed by atoms with Crippen molar-refractivity contribution >= 4 is 11.6 Å². The number of amides is 1. The first-order valence-corrected chi connectivity index (χ1v) is 10.6. The molecule has 1 N–H and O–H groups in total. The van der Waals surface area contributed by atoms with E-state index in [-0.39, 0.29) is 11.9 Å². The van der Waals surface area contributed by atoms with Gasteiger partial charge in [-0.3, -0.25) is 9.69 Å². The Balaban J connectivity index is 1.53. The number of nitrogens with zero attached hydrogens (tertiary/aromatic N) is 2. The Hall–Kier alpha value is -1.75. The van der Waals surface area contributed by atoms with Crippen LogP contribution in [0.3, 0.4) is 0 Å². The lowest BCUT2D eigenvalue weighted by Gasteiger charge is -2.39. The van der Waals surface area contributed by atoms with E-state index in [9.17, 15) is 4.79 Å². The molecule has 3 rings (SSSR count). The fourth-order valence-corrected chi connectivity index (χ4v) is 4.35. The number of hydrogen-bond donors (Lipinski definition) is 1. The maximum atomic E-state index is 12.8. The SMILES string of the molecule is CCOc1ccccc1N1CCN([C@H](C)C(=O)N[C@@H]2CCCC[C@@H]2C)CC1. The minimum absolute atomic E-state index is 0.0663. The third-order valence-electron chi connectivity index (χ3n) is 6.19. The van der Waals surface area contributed by atoms with Gasteiger partial charge in [-0.15, -0.1) is 0 Å². The summed E-state index contributed by atoms with van der Waals surface area (Å²) in [5, 5.41) is 3.32. The van der Waals surface area contributed by atoms with Gasteiger partial charge in [0.15, 0.2) is 0 Å². The van der Waals surface area contributed by atoms with Crippen molar-refractivity contribution in [3.8, 4) is 5.75 Å². The van der Waals surface area contributed by atoms with Gasteiger partial charge in [0.2, 0.25) is 5.91 Å². The normalized spacial score (nSPS) is 25.1. The smallest absolute Gasteiger partial charge is 0.237 e. The van der Waals surface area contributed by atoms with E-state index >= 15 is 0 Å². The predicted octanol–water partition coefficient (Wildman–Crippen LogP) is 3.29. The fourth-order valence-electron chi connectivity index (χ4n) is 4.35. The highest BCUT2D eigenvalue weighted by molar-refractivity contribution is 5.81. The highest BCUT2D eigenvalue weighted by Crippen LogP contribution is 2.29. The summed E-state index contributed by atoms with van der Waals surface area (Å²) in [7, 11) is 0. The number of carbonyl (C=O) groups is 1. The van der Waals surface area contributed by atoms with Gasteiger partial charge in [-0.1, -0.05) is 31.9 Å². The van der Waals surface area contributed by atoms with Gasteiger partial charge in [0.05, 0.1) is 18.3 Å². The van der Waals surface area contributed by atoms with Crippen molar-refractivity contribution in [3.63, 3.8) is 0 Å². The van der Waals surface area contributed by atoms with Crippen LogP contribution in [0, 0.1) is 5.92 Å². The van der Waals surface area contributed by atoms with Crippen molar-refractivity contribution in [1.29, 1.82) is 0 Å². The minimum atomic E-state index is -0.0663. The van der Waals surface area contributed by atoms with E-state index in [0.717, 1.165) is 44.0 Å². The summed E-state index contributed by atoms with van der Waals surface area (Å²) in [4.78, 5) is 17.4. The van der Waals surface area contributed by atoms with Crippen molar-refractivity contribution in [2.75, 3.05) is 37.7 Å². The van der Waals surface area contributed by atoms with Crippen molar-refractivity contribution in [3.05, 3.63) is 24.3 Å². The molecule has 0 spiro atoms. The summed E-state index contributed by atoms with van der Waals surface area (Å²) in [5.41, 5.74) is 1.16. The van der Waals surface area contributed by atoms with Crippen LogP contribution in [0.1, 0.15) is 46.5 Å². The second-order valence-corrected chi connectivity index (χ2v) is 7.98. The number of benzene rings is 1. The van der Waals surface area contributed by atoms with Crippen LogP contribution in [0.5, 0.6) is 5.75 Å². The zero-order valence-corrected chi connectivity index (χ0v) is 17.1. The van der Waals surface area contributed by atoms with Gasteiger partial charge in [0.1, 0.15) is 5.75 Å². The van der Waals surface area contributed by atoms with Gasteiger partial charge in [-0.05, 0) is 44.7 Å². The summed E-state index contributed by atoms with van der Waals surface area (Å²) in [6, 6.07) is 8.53. The van der Waals surface area contributed by atoms with Crippen LogP contribution in [-0.4, -0.2) is 55.7 Å². The molecule has 5 nitrogen and oxygen atoms in total.